The molecular formula is C13H11ClF2N2O2S. The first-order valence-corrected chi connectivity index (χ1v) is 7.64. The molecular weight excluding hydrogens is 322 g/mol. The zero-order chi connectivity index (χ0) is 15.6. The lowest BCUT2D eigenvalue weighted by atomic mass is 10.2. The minimum Gasteiger partial charge on any atom is -0.399 e. The Morgan fingerprint density at radius 1 is 1.14 bits per heavy atom. The van der Waals surface area contributed by atoms with E-state index >= 15 is 0 Å². The molecule has 0 aliphatic carbocycles. The quantitative estimate of drug-likeness (QED) is 0.845. The van der Waals surface area contributed by atoms with E-state index in [1.54, 1.807) is 0 Å². The summed E-state index contributed by atoms with van der Waals surface area (Å²) >= 11 is 5.81. The Morgan fingerprint density at radius 2 is 1.86 bits per heavy atom. The van der Waals surface area contributed by atoms with Crippen LogP contribution in [0.4, 0.5) is 14.5 Å². The molecule has 2 aromatic carbocycles. The van der Waals surface area contributed by atoms with Crippen molar-refractivity contribution in [3.63, 3.8) is 0 Å². The van der Waals surface area contributed by atoms with E-state index in [0.29, 0.717) is 0 Å². The van der Waals surface area contributed by atoms with E-state index in [1.165, 1.54) is 18.2 Å². The third-order valence-electron chi connectivity index (χ3n) is 2.71. The number of nitrogens with two attached hydrogens (primary N) is 1. The largest absolute Gasteiger partial charge is 0.399 e. The molecule has 0 aliphatic rings. The smallest absolute Gasteiger partial charge is 0.242 e. The summed E-state index contributed by atoms with van der Waals surface area (Å²) in [7, 11) is -3.99. The van der Waals surface area contributed by atoms with Crippen molar-refractivity contribution in [3.05, 3.63) is 58.6 Å². The van der Waals surface area contributed by atoms with Crippen molar-refractivity contribution in [3.8, 4) is 0 Å². The van der Waals surface area contributed by atoms with Gasteiger partial charge in [-0.1, -0.05) is 11.6 Å². The number of hydrogen-bond donors (Lipinski definition) is 2. The maximum absolute atomic E-state index is 13.4. The lowest BCUT2D eigenvalue weighted by Crippen LogP contribution is -2.24. The lowest BCUT2D eigenvalue weighted by molar-refractivity contribution is 0.567. The Morgan fingerprint density at radius 3 is 2.57 bits per heavy atom. The Hall–Kier alpha value is -1.70. The molecule has 4 nitrogen and oxygen atoms in total. The first-order chi connectivity index (χ1) is 9.79. The molecule has 0 atom stereocenters. The number of nitrogen functional groups attached to an aromatic ring is 1. The monoisotopic (exact) mass is 332 g/mol. The molecule has 0 saturated heterocycles. The number of halogens is 3. The Kier molecular flexibility index (Phi) is 4.46. The zero-order valence-electron chi connectivity index (χ0n) is 10.6. The minimum absolute atomic E-state index is 0.0172. The molecule has 112 valence electrons. The minimum atomic E-state index is -3.99. The first kappa shape index (κ1) is 15.7. The maximum Gasteiger partial charge on any atom is 0.242 e. The average Bonchev–Trinajstić information content (AvgIpc) is 2.42. The molecule has 2 rings (SSSR count). The summed E-state index contributed by atoms with van der Waals surface area (Å²) in [6.07, 6.45) is 0. The van der Waals surface area contributed by atoms with Crippen LogP contribution in [-0.2, 0) is 16.6 Å². The van der Waals surface area contributed by atoms with Crippen LogP contribution in [-0.4, -0.2) is 8.42 Å². The van der Waals surface area contributed by atoms with Gasteiger partial charge in [0.05, 0.1) is 5.02 Å². The third-order valence-corrected chi connectivity index (χ3v) is 4.59. The third kappa shape index (κ3) is 3.69. The second-order valence-corrected chi connectivity index (χ2v) is 6.39. The van der Waals surface area contributed by atoms with Crippen LogP contribution in [0.1, 0.15) is 5.56 Å². The number of rotatable bonds is 4. The number of nitrogens with one attached hydrogen (secondary N) is 1. The van der Waals surface area contributed by atoms with E-state index < -0.39 is 28.2 Å². The standard InChI is InChI=1S/C13H11ClF2N2O2S/c14-11-3-2-10(17)6-13(11)21(19,20)18-7-8-5-9(15)1-4-12(8)16/h1-6,18H,7,17H2. The predicted molar refractivity (Wildman–Crippen MR) is 76.2 cm³/mol. The van der Waals surface area contributed by atoms with Crippen LogP contribution in [0.2, 0.25) is 5.02 Å². The van der Waals surface area contributed by atoms with Gasteiger partial charge in [0.25, 0.3) is 0 Å². The molecule has 0 amide bonds. The molecule has 0 spiro atoms. The Balaban J connectivity index is 2.26. The van der Waals surface area contributed by atoms with Gasteiger partial charge < -0.3 is 5.73 Å². The number of hydrogen-bond acceptors (Lipinski definition) is 3. The lowest BCUT2D eigenvalue weighted by Gasteiger charge is -2.09. The highest BCUT2D eigenvalue weighted by molar-refractivity contribution is 7.89. The fourth-order valence-electron chi connectivity index (χ4n) is 1.66. The molecule has 0 aromatic heterocycles. The zero-order valence-corrected chi connectivity index (χ0v) is 12.2. The van der Waals surface area contributed by atoms with Gasteiger partial charge in [-0.05, 0) is 36.4 Å². The second-order valence-electron chi connectivity index (χ2n) is 4.25. The van der Waals surface area contributed by atoms with Gasteiger partial charge in [0.1, 0.15) is 16.5 Å². The summed E-state index contributed by atoms with van der Waals surface area (Å²) in [6, 6.07) is 6.77. The number of anilines is 1. The van der Waals surface area contributed by atoms with Gasteiger partial charge in [0.2, 0.25) is 10.0 Å². The molecule has 0 bridgehead atoms. The molecule has 0 unspecified atom stereocenters. The predicted octanol–water partition coefficient (Wildman–Crippen LogP) is 2.68. The summed E-state index contributed by atoms with van der Waals surface area (Å²) in [6.45, 7) is -0.406. The molecule has 21 heavy (non-hydrogen) atoms. The normalized spacial score (nSPS) is 11.6. The van der Waals surface area contributed by atoms with E-state index in [9.17, 15) is 17.2 Å². The molecule has 0 fully saturated rings. The van der Waals surface area contributed by atoms with Crippen LogP contribution in [0.15, 0.2) is 41.3 Å². The van der Waals surface area contributed by atoms with E-state index in [1.807, 2.05) is 0 Å². The Bertz CT molecular complexity index is 782. The molecule has 3 N–H and O–H groups in total. The highest BCUT2D eigenvalue weighted by Crippen LogP contribution is 2.23. The average molecular weight is 333 g/mol. The highest BCUT2D eigenvalue weighted by atomic mass is 35.5. The number of sulfonamides is 1. The van der Waals surface area contributed by atoms with Crippen molar-refractivity contribution in [1.82, 2.24) is 4.72 Å². The summed E-state index contributed by atoms with van der Waals surface area (Å²) < 4.78 is 52.8. The van der Waals surface area contributed by atoms with Gasteiger partial charge >= 0.3 is 0 Å². The van der Waals surface area contributed by atoms with Crippen molar-refractivity contribution in [1.29, 1.82) is 0 Å². The summed E-state index contributed by atoms with van der Waals surface area (Å²) in [5.74, 6) is -1.37. The van der Waals surface area contributed by atoms with Crippen molar-refractivity contribution in [2.24, 2.45) is 0 Å². The fourth-order valence-corrected chi connectivity index (χ4v) is 3.19. The van der Waals surface area contributed by atoms with E-state index in [-0.39, 0.29) is 21.2 Å². The van der Waals surface area contributed by atoms with E-state index in [2.05, 4.69) is 4.72 Å². The summed E-state index contributed by atoms with van der Waals surface area (Å²) in [5.41, 5.74) is 5.62. The molecule has 0 radical (unpaired) electrons. The topological polar surface area (TPSA) is 72.2 Å². The molecule has 0 saturated carbocycles. The van der Waals surface area contributed by atoms with Gasteiger partial charge in [0.15, 0.2) is 0 Å². The molecule has 0 heterocycles. The first-order valence-electron chi connectivity index (χ1n) is 5.78. The summed E-state index contributed by atoms with van der Waals surface area (Å²) in [5, 5.41) is -0.0172. The van der Waals surface area contributed by atoms with Crippen LogP contribution in [0, 0.1) is 11.6 Å². The maximum atomic E-state index is 13.4. The molecule has 8 heteroatoms. The van der Waals surface area contributed by atoms with Crippen LogP contribution >= 0.6 is 11.6 Å². The Labute approximate surface area is 125 Å². The SMILES string of the molecule is Nc1ccc(Cl)c(S(=O)(=O)NCc2cc(F)ccc2F)c1. The van der Waals surface area contributed by atoms with Crippen molar-refractivity contribution >= 4 is 27.3 Å². The van der Waals surface area contributed by atoms with Crippen molar-refractivity contribution in [2.75, 3.05) is 5.73 Å². The van der Waals surface area contributed by atoms with E-state index in [4.69, 9.17) is 17.3 Å². The van der Waals surface area contributed by atoms with Crippen LogP contribution in [0.5, 0.6) is 0 Å². The molecule has 2 aromatic rings. The summed E-state index contributed by atoms with van der Waals surface area (Å²) in [4.78, 5) is -0.221. The van der Waals surface area contributed by atoms with Gasteiger partial charge in [-0.15, -0.1) is 0 Å². The van der Waals surface area contributed by atoms with E-state index in [0.717, 1.165) is 18.2 Å². The molecule has 0 aliphatic heterocycles. The van der Waals surface area contributed by atoms with Gasteiger partial charge in [-0.3, -0.25) is 0 Å². The van der Waals surface area contributed by atoms with Crippen LogP contribution in [0.3, 0.4) is 0 Å². The van der Waals surface area contributed by atoms with Gasteiger partial charge in [-0.25, -0.2) is 21.9 Å². The van der Waals surface area contributed by atoms with Crippen molar-refractivity contribution in [2.45, 2.75) is 11.4 Å². The second kappa shape index (κ2) is 5.97. The van der Waals surface area contributed by atoms with Crippen molar-refractivity contribution < 1.29 is 17.2 Å². The van der Waals surface area contributed by atoms with Crippen LogP contribution in [0.25, 0.3) is 0 Å². The number of benzene rings is 2. The van der Waals surface area contributed by atoms with Crippen LogP contribution < -0.4 is 10.5 Å². The fraction of sp³-hybridized carbons (Fsp3) is 0.0769. The van der Waals surface area contributed by atoms with Gasteiger partial charge in [-0.2, -0.15) is 0 Å². The van der Waals surface area contributed by atoms with Gasteiger partial charge in [0, 0.05) is 17.8 Å². The highest BCUT2D eigenvalue weighted by Gasteiger charge is 2.18.